The van der Waals surface area contributed by atoms with Gasteiger partial charge in [0.1, 0.15) is 0 Å². The van der Waals surface area contributed by atoms with Crippen LogP contribution in [0, 0.1) is 0 Å². The number of ether oxygens (including phenoxy) is 2. The first kappa shape index (κ1) is 14.3. The highest BCUT2D eigenvalue weighted by Crippen LogP contribution is 2.52. The molecule has 0 aromatic heterocycles. The number of halogens is 3. The molecule has 0 saturated heterocycles. The van der Waals surface area contributed by atoms with Crippen LogP contribution in [0.5, 0.6) is 0 Å². The van der Waals surface area contributed by atoms with E-state index in [1.165, 1.54) is 0 Å². The number of carbonyl (C=O) groups is 1. The summed E-state index contributed by atoms with van der Waals surface area (Å²) < 4.78 is 16.4. The SMILES string of the molecule is COC(=O)O[C@H](C(Cl)(Cl)Cl)P(=O)(O)O. The molecule has 0 unspecified atom stereocenters. The Morgan fingerprint density at radius 2 is 1.86 bits per heavy atom. The largest absolute Gasteiger partial charge is 0.509 e. The van der Waals surface area contributed by atoms with Gasteiger partial charge in [-0.2, -0.15) is 0 Å². The molecular formula is C4H6Cl3O6P. The smallest absolute Gasteiger partial charge is 0.438 e. The fraction of sp³-hybridized carbons (Fsp3) is 0.750. The fourth-order valence-corrected chi connectivity index (χ4v) is 2.35. The Hall–Kier alpha value is 0.290. The van der Waals surface area contributed by atoms with E-state index in [4.69, 9.17) is 44.6 Å². The van der Waals surface area contributed by atoms with Crippen LogP contribution in [0.3, 0.4) is 0 Å². The number of methoxy groups -OCH3 is 1. The molecule has 84 valence electrons. The summed E-state index contributed by atoms with van der Waals surface area (Å²) in [4.78, 5) is 27.9. The normalized spacial score (nSPS) is 14.7. The summed E-state index contributed by atoms with van der Waals surface area (Å²) in [6, 6.07) is 0. The monoisotopic (exact) mass is 286 g/mol. The lowest BCUT2D eigenvalue weighted by Crippen LogP contribution is -2.31. The minimum atomic E-state index is -4.88. The molecule has 0 aliphatic heterocycles. The molecule has 6 nitrogen and oxygen atoms in total. The second-order valence-electron chi connectivity index (χ2n) is 2.06. The summed E-state index contributed by atoms with van der Waals surface area (Å²) in [5.74, 6) is -2.20. The Balaban J connectivity index is 4.77. The molecule has 0 fully saturated rings. The van der Waals surface area contributed by atoms with Crippen molar-refractivity contribution in [1.29, 1.82) is 0 Å². The summed E-state index contributed by atoms with van der Waals surface area (Å²) in [5.41, 5.74) is 0. The van der Waals surface area contributed by atoms with Crippen LogP contribution < -0.4 is 0 Å². The molecule has 0 heterocycles. The number of hydrogen-bond donors (Lipinski definition) is 2. The molecule has 1 atom stereocenters. The van der Waals surface area contributed by atoms with Gasteiger partial charge in [-0.05, 0) is 0 Å². The van der Waals surface area contributed by atoms with Crippen LogP contribution in [0.2, 0.25) is 0 Å². The van der Waals surface area contributed by atoms with Gasteiger partial charge in [0.15, 0.2) is 0 Å². The highest BCUT2D eigenvalue weighted by molar-refractivity contribution is 7.53. The van der Waals surface area contributed by atoms with Crippen molar-refractivity contribution < 1.29 is 28.6 Å². The lowest BCUT2D eigenvalue weighted by molar-refractivity contribution is 0.0543. The Bertz CT molecular complexity index is 256. The first-order valence-electron chi connectivity index (χ1n) is 2.95. The van der Waals surface area contributed by atoms with Gasteiger partial charge in [-0.3, -0.25) is 4.57 Å². The Morgan fingerprint density at radius 3 is 2.07 bits per heavy atom. The molecule has 2 N–H and O–H groups in total. The topological polar surface area (TPSA) is 93.1 Å². The molecule has 0 spiro atoms. The number of alkyl halides is 3. The van der Waals surface area contributed by atoms with Gasteiger partial charge in [-0.15, -0.1) is 0 Å². The van der Waals surface area contributed by atoms with Crippen molar-refractivity contribution in [2.24, 2.45) is 0 Å². The minimum Gasteiger partial charge on any atom is -0.438 e. The zero-order chi connectivity index (χ0) is 11.6. The summed E-state index contributed by atoms with van der Waals surface area (Å²) in [6.07, 6.45) is -1.36. The molecule has 0 aliphatic rings. The van der Waals surface area contributed by atoms with Crippen LogP contribution in [0.15, 0.2) is 0 Å². The molecule has 0 aromatic carbocycles. The van der Waals surface area contributed by atoms with Crippen molar-refractivity contribution in [2.45, 2.75) is 9.64 Å². The average molecular weight is 287 g/mol. The van der Waals surface area contributed by atoms with Gasteiger partial charge in [0.25, 0.3) is 5.85 Å². The number of hydrogen-bond acceptors (Lipinski definition) is 4. The van der Waals surface area contributed by atoms with Crippen molar-refractivity contribution >= 4 is 48.6 Å². The van der Waals surface area contributed by atoms with Gasteiger partial charge >= 0.3 is 13.8 Å². The van der Waals surface area contributed by atoms with E-state index in [1.54, 1.807) is 0 Å². The molecule has 14 heavy (non-hydrogen) atoms. The molecule has 0 amide bonds. The van der Waals surface area contributed by atoms with E-state index in [1.807, 2.05) is 0 Å². The Morgan fingerprint density at radius 1 is 1.43 bits per heavy atom. The number of rotatable bonds is 2. The Labute approximate surface area is 94.2 Å². The first-order valence-corrected chi connectivity index (χ1v) is 5.77. The number of carbonyl (C=O) groups excluding carboxylic acids is 1. The van der Waals surface area contributed by atoms with Gasteiger partial charge in [0.05, 0.1) is 7.11 Å². The van der Waals surface area contributed by atoms with E-state index < -0.39 is 23.4 Å². The van der Waals surface area contributed by atoms with Gasteiger partial charge in [-0.25, -0.2) is 4.79 Å². The molecule has 0 radical (unpaired) electrons. The van der Waals surface area contributed by atoms with Gasteiger partial charge in [-0.1, -0.05) is 34.8 Å². The third-order valence-corrected chi connectivity index (χ3v) is 3.11. The van der Waals surface area contributed by atoms with Crippen LogP contribution in [-0.4, -0.2) is 32.7 Å². The molecule has 10 heteroatoms. The predicted molar refractivity (Wildman–Crippen MR) is 49.6 cm³/mol. The maximum atomic E-state index is 10.7. The van der Waals surface area contributed by atoms with Crippen molar-refractivity contribution in [2.75, 3.05) is 7.11 Å². The average Bonchev–Trinajstić information content (AvgIpc) is 1.95. The highest BCUT2D eigenvalue weighted by Gasteiger charge is 2.48. The lowest BCUT2D eigenvalue weighted by atomic mass is 10.8. The van der Waals surface area contributed by atoms with E-state index in [2.05, 4.69) is 9.47 Å². The summed E-state index contributed by atoms with van der Waals surface area (Å²) in [6.45, 7) is 0. The van der Waals surface area contributed by atoms with E-state index in [0.717, 1.165) is 7.11 Å². The van der Waals surface area contributed by atoms with Gasteiger partial charge < -0.3 is 19.3 Å². The van der Waals surface area contributed by atoms with Crippen molar-refractivity contribution in [1.82, 2.24) is 0 Å². The predicted octanol–water partition coefficient (Wildman–Crippen LogP) is 1.64. The maximum Gasteiger partial charge on any atom is 0.509 e. The van der Waals surface area contributed by atoms with Crippen molar-refractivity contribution in [3.05, 3.63) is 0 Å². The lowest BCUT2D eigenvalue weighted by Gasteiger charge is -2.23. The third-order valence-electron chi connectivity index (χ3n) is 0.960. The Kier molecular flexibility index (Phi) is 4.98. The second-order valence-corrected chi connectivity index (χ2v) is 6.07. The van der Waals surface area contributed by atoms with E-state index in [9.17, 15) is 9.36 Å². The van der Waals surface area contributed by atoms with Crippen LogP contribution in [0.25, 0.3) is 0 Å². The zero-order valence-electron chi connectivity index (χ0n) is 6.69. The highest BCUT2D eigenvalue weighted by atomic mass is 35.6. The first-order chi connectivity index (χ1) is 6.09. The molecule has 0 aliphatic carbocycles. The minimum absolute atomic E-state index is 0.942. The van der Waals surface area contributed by atoms with E-state index >= 15 is 0 Å². The quantitative estimate of drug-likeness (QED) is 0.455. The summed E-state index contributed by atoms with van der Waals surface area (Å²) in [7, 11) is -3.94. The summed E-state index contributed by atoms with van der Waals surface area (Å²) in [5, 5.41) is 0. The summed E-state index contributed by atoms with van der Waals surface area (Å²) >= 11 is 15.6. The molecule has 0 rings (SSSR count). The second kappa shape index (κ2) is 4.88. The van der Waals surface area contributed by atoms with Crippen LogP contribution in [0.4, 0.5) is 4.79 Å². The third kappa shape index (κ3) is 4.68. The van der Waals surface area contributed by atoms with Crippen LogP contribution in [0.1, 0.15) is 0 Å². The standard InChI is InChI=1S/C4H6Cl3O6P/c1-12-3(8)13-2(4(5,6)7)14(9,10)11/h2H,1H3,(H2,9,10,11)/t2-/m0/s1. The van der Waals surface area contributed by atoms with Crippen LogP contribution in [-0.2, 0) is 14.0 Å². The van der Waals surface area contributed by atoms with Gasteiger partial charge in [0.2, 0.25) is 3.79 Å². The van der Waals surface area contributed by atoms with Crippen molar-refractivity contribution in [3.8, 4) is 0 Å². The van der Waals surface area contributed by atoms with Crippen molar-refractivity contribution in [3.63, 3.8) is 0 Å². The fourth-order valence-electron chi connectivity index (χ4n) is 0.465. The van der Waals surface area contributed by atoms with E-state index in [-0.39, 0.29) is 0 Å². The van der Waals surface area contributed by atoms with E-state index in [0.29, 0.717) is 0 Å². The molecule has 0 aromatic rings. The van der Waals surface area contributed by atoms with Crippen LogP contribution >= 0.6 is 42.4 Å². The molecule has 0 bridgehead atoms. The van der Waals surface area contributed by atoms with Gasteiger partial charge in [0, 0.05) is 0 Å². The molecular weight excluding hydrogens is 281 g/mol. The molecule has 0 saturated carbocycles. The zero-order valence-corrected chi connectivity index (χ0v) is 9.85. The maximum absolute atomic E-state index is 10.7.